The van der Waals surface area contributed by atoms with Crippen molar-refractivity contribution in [3.63, 3.8) is 0 Å². The average Bonchev–Trinajstić information content (AvgIpc) is 2.81. The van der Waals surface area contributed by atoms with E-state index in [1.165, 1.54) is 0 Å². The Kier molecular flexibility index (Phi) is 3.78. The van der Waals surface area contributed by atoms with Crippen LogP contribution in [0.1, 0.15) is 30.7 Å². The molecule has 0 saturated heterocycles. The van der Waals surface area contributed by atoms with E-state index in [4.69, 9.17) is 15.2 Å². The number of rotatable bonds is 4. The van der Waals surface area contributed by atoms with Crippen LogP contribution in [-0.2, 0) is 0 Å². The third kappa shape index (κ3) is 2.44. The van der Waals surface area contributed by atoms with E-state index < -0.39 is 5.60 Å². The second-order valence-electron chi connectivity index (χ2n) is 4.98. The van der Waals surface area contributed by atoms with Crippen molar-refractivity contribution in [3.05, 3.63) is 23.8 Å². The largest absolute Gasteiger partial charge is 0.497 e. The van der Waals surface area contributed by atoms with E-state index in [2.05, 4.69) is 0 Å². The lowest BCUT2D eigenvalue weighted by atomic mass is 9.93. The first kappa shape index (κ1) is 13.2. The topological polar surface area (TPSA) is 64.7 Å². The molecule has 1 aliphatic rings. The van der Waals surface area contributed by atoms with Crippen LogP contribution in [0.2, 0.25) is 0 Å². The van der Waals surface area contributed by atoms with Crippen LogP contribution in [-0.4, -0.2) is 31.5 Å². The Balaban J connectivity index is 2.27. The van der Waals surface area contributed by atoms with Crippen LogP contribution in [0.3, 0.4) is 0 Å². The van der Waals surface area contributed by atoms with Crippen molar-refractivity contribution in [2.24, 2.45) is 5.73 Å². The number of ether oxygens (including phenoxy) is 2. The number of benzene rings is 1. The zero-order valence-electron chi connectivity index (χ0n) is 11.0. The number of hydrogen-bond donors (Lipinski definition) is 2. The molecule has 1 fully saturated rings. The molecule has 1 aromatic rings. The minimum absolute atomic E-state index is 0.281. The summed E-state index contributed by atoms with van der Waals surface area (Å²) in [4.78, 5) is 0. The standard InChI is InChI=1S/C14H21NO3/c1-17-11-3-4-13(18-2)12(7-11)10-5-6-14(16,8-10)9-15/h3-4,7,10,16H,5-6,8-9,15H2,1-2H3. The highest BCUT2D eigenvalue weighted by Crippen LogP contribution is 2.44. The van der Waals surface area contributed by atoms with Crippen molar-refractivity contribution < 1.29 is 14.6 Å². The Bertz CT molecular complexity index is 422. The number of methoxy groups -OCH3 is 2. The second kappa shape index (κ2) is 5.16. The Hall–Kier alpha value is -1.26. The molecule has 100 valence electrons. The summed E-state index contributed by atoms with van der Waals surface area (Å²) in [5, 5.41) is 10.2. The lowest BCUT2D eigenvalue weighted by molar-refractivity contribution is 0.0554. The van der Waals surface area contributed by atoms with Gasteiger partial charge in [0.1, 0.15) is 11.5 Å². The summed E-state index contributed by atoms with van der Waals surface area (Å²) < 4.78 is 10.6. The molecule has 0 amide bonds. The van der Waals surface area contributed by atoms with E-state index in [9.17, 15) is 5.11 Å². The lowest BCUT2D eigenvalue weighted by Crippen LogP contribution is -2.34. The van der Waals surface area contributed by atoms with Gasteiger partial charge in [-0.15, -0.1) is 0 Å². The van der Waals surface area contributed by atoms with Crippen LogP contribution in [0.15, 0.2) is 18.2 Å². The Labute approximate surface area is 108 Å². The molecule has 0 aliphatic heterocycles. The average molecular weight is 251 g/mol. The van der Waals surface area contributed by atoms with Crippen molar-refractivity contribution in [1.82, 2.24) is 0 Å². The molecule has 4 nitrogen and oxygen atoms in total. The first-order chi connectivity index (χ1) is 8.61. The maximum absolute atomic E-state index is 10.2. The fraction of sp³-hybridized carbons (Fsp3) is 0.571. The number of aliphatic hydroxyl groups is 1. The monoisotopic (exact) mass is 251 g/mol. The maximum Gasteiger partial charge on any atom is 0.122 e. The van der Waals surface area contributed by atoms with Gasteiger partial charge in [-0.25, -0.2) is 0 Å². The van der Waals surface area contributed by atoms with Crippen molar-refractivity contribution in [3.8, 4) is 11.5 Å². The zero-order valence-corrected chi connectivity index (χ0v) is 11.0. The molecular weight excluding hydrogens is 230 g/mol. The quantitative estimate of drug-likeness (QED) is 0.854. The smallest absolute Gasteiger partial charge is 0.122 e. The number of nitrogens with two attached hydrogens (primary N) is 1. The van der Waals surface area contributed by atoms with E-state index in [1.807, 2.05) is 18.2 Å². The summed E-state index contributed by atoms with van der Waals surface area (Å²) in [6.07, 6.45) is 2.36. The molecule has 1 aliphatic carbocycles. The SMILES string of the molecule is COc1ccc(OC)c(C2CCC(O)(CN)C2)c1. The normalized spacial score (nSPS) is 27.2. The maximum atomic E-state index is 10.2. The highest BCUT2D eigenvalue weighted by molar-refractivity contribution is 5.43. The van der Waals surface area contributed by atoms with Gasteiger partial charge in [-0.1, -0.05) is 0 Å². The highest BCUT2D eigenvalue weighted by atomic mass is 16.5. The van der Waals surface area contributed by atoms with Gasteiger partial charge in [0.2, 0.25) is 0 Å². The first-order valence-corrected chi connectivity index (χ1v) is 6.26. The predicted octanol–water partition coefficient (Wildman–Crippen LogP) is 1.66. The summed E-state index contributed by atoms with van der Waals surface area (Å²) >= 11 is 0. The van der Waals surface area contributed by atoms with Gasteiger partial charge in [0.15, 0.2) is 0 Å². The van der Waals surface area contributed by atoms with Crippen LogP contribution >= 0.6 is 0 Å². The van der Waals surface area contributed by atoms with Crippen LogP contribution in [0, 0.1) is 0 Å². The molecule has 2 rings (SSSR count). The number of hydrogen-bond acceptors (Lipinski definition) is 4. The fourth-order valence-corrected chi connectivity index (χ4v) is 2.71. The molecule has 0 spiro atoms. The molecule has 0 bridgehead atoms. The van der Waals surface area contributed by atoms with Crippen LogP contribution < -0.4 is 15.2 Å². The fourth-order valence-electron chi connectivity index (χ4n) is 2.71. The summed E-state index contributed by atoms with van der Waals surface area (Å²) in [5.41, 5.74) is 6.00. The Morgan fingerprint density at radius 1 is 1.39 bits per heavy atom. The molecule has 0 radical (unpaired) electrons. The van der Waals surface area contributed by atoms with Crippen LogP contribution in [0.5, 0.6) is 11.5 Å². The van der Waals surface area contributed by atoms with Crippen molar-refractivity contribution in [2.75, 3.05) is 20.8 Å². The second-order valence-corrected chi connectivity index (χ2v) is 4.98. The molecule has 1 aromatic carbocycles. The molecule has 3 N–H and O–H groups in total. The molecule has 2 atom stereocenters. The van der Waals surface area contributed by atoms with E-state index in [0.717, 1.165) is 29.9 Å². The highest BCUT2D eigenvalue weighted by Gasteiger charge is 2.37. The van der Waals surface area contributed by atoms with Gasteiger partial charge in [-0.3, -0.25) is 0 Å². The Morgan fingerprint density at radius 3 is 2.72 bits per heavy atom. The van der Waals surface area contributed by atoms with Gasteiger partial charge in [0.05, 0.1) is 19.8 Å². The van der Waals surface area contributed by atoms with Gasteiger partial charge < -0.3 is 20.3 Å². The van der Waals surface area contributed by atoms with Crippen molar-refractivity contribution in [1.29, 1.82) is 0 Å². The van der Waals surface area contributed by atoms with Crippen LogP contribution in [0.25, 0.3) is 0 Å². The minimum atomic E-state index is -0.723. The zero-order chi connectivity index (χ0) is 13.2. The minimum Gasteiger partial charge on any atom is -0.497 e. The van der Waals surface area contributed by atoms with Gasteiger partial charge in [0, 0.05) is 12.1 Å². The summed E-state index contributed by atoms with van der Waals surface area (Å²) in [6.45, 7) is 0.315. The molecular formula is C14H21NO3. The van der Waals surface area contributed by atoms with Gasteiger partial charge >= 0.3 is 0 Å². The molecule has 18 heavy (non-hydrogen) atoms. The molecule has 1 saturated carbocycles. The first-order valence-electron chi connectivity index (χ1n) is 6.26. The molecule has 2 unspecified atom stereocenters. The molecule has 0 aromatic heterocycles. The third-order valence-corrected chi connectivity index (χ3v) is 3.84. The van der Waals surface area contributed by atoms with Gasteiger partial charge in [0.25, 0.3) is 0 Å². The van der Waals surface area contributed by atoms with E-state index in [1.54, 1.807) is 14.2 Å². The third-order valence-electron chi connectivity index (χ3n) is 3.84. The predicted molar refractivity (Wildman–Crippen MR) is 70.1 cm³/mol. The van der Waals surface area contributed by atoms with E-state index in [-0.39, 0.29) is 5.92 Å². The summed E-state index contributed by atoms with van der Waals surface area (Å²) in [7, 11) is 3.31. The van der Waals surface area contributed by atoms with Gasteiger partial charge in [-0.2, -0.15) is 0 Å². The Morgan fingerprint density at radius 2 is 2.17 bits per heavy atom. The molecule has 0 heterocycles. The summed E-state index contributed by atoms with van der Waals surface area (Å²) in [6, 6.07) is 5.78. The van der Waals surface area contributed by atoms with Gasteiger partial charge in [-0.05, 0) is 43.4 Å². The van der Waals surface area contributed by atoms with Crippen molar-refractivity contribution in [2.45, 2.75) is 30.8 Å². The van der Waals surface area contributed by atoms with E-state index >= 15 is 0 Å². The summed E-state index contributed by atoms with van der Waals surface area (Å²) in [5.74, 6) is 1.94. The van der Waals surface area contributed by atoms with Crippen LogP contribution in [0.4, 0.5) is 0 Å². The molecule has 4 heteroatoms. The van der Waals surface area contributed by atoms with Crippen molar-refractivity contribution >= 4 is 0 Å². The lowest BCUT2D eigenvalue weighted by Gasteiger charge is -2.21. The van der Waals surface area contributed by atoms with E-state index in [0.29, 0.717) is 13.0 Å².